The summed E-state index contributed by atoms with van der Waals surface area (Å²) >= 11 is 0. The number of ether oxygens (including phenoxy) is 1. The van der Waals surface area contributed by atoms with E-state index >= 15 is 0 Å². The van der Waals surface area contributed by atoms with Crippen LogP contribution in [0, 0.1) is 12.8 Å². The van der Waals surface area contributed by atoms with Crippen molar-refractivity contribution >= 4 is 11.6 Å². The Morgan fingerprint density at radius 3 is 3.04 bits per heavy atom. The van der Waals surface area contributed by atoms with Gasteiger partial charge in [-0.2, -0.15) is 0 Å². The number of aryl methyl sites for hydroxylation is 1. The fourth-order valence-corrected chi connectivity index (χ4v) is 3.29. The van der Waals surface area contributed by atoms with Crippen molar-refractivity contribution in [3.63, 3.8) is 0 Å². The van der Waals surface area contributed by atoms with Gasteiger partial charge in [-0.25, -0.2) is 9.50 Å². The molecule has 1 atom stereocenters. The number of rotatable bonds is 5. The van der Waals surface area contributed by atoms with E-state index in [2.05, 4.69) is 23.9 Å². The van der Waals surface area contributed by atoms with Gasteiger partial charge in [-0.3, -0.25) is 14.7 Å². The van der Waals surface area contributed by atoms with Gasteiger partial charge in [-0.1, -0.05) is 26.7 Å². The van der Waals surface area contributed by atoms with Crippen LogP contribution in [-0.2, 0) is 4.74 Å². The van der Waals surface area contributed by atoms with Gasteiger partial charge in [-0.15, -0.1) is 0 Å². The number of nitrogens with one attached hydrogen (secondary N) is 1. The Balaban J connectivity index is 1.72. The van der Waals surface area contributed by atoms with Crippen molar-refractivity contribution in [3.05, 3.63) is 33.9 Å². The van der Waals surface area contributed by atoms with Crippen LogP contribution in [0.4, 0.5) is 0 Å². The Morgan fingerprint density at radius 1 is 1.48 bits per heavy atom. The molecule has 1 amide bonds. The molecule has 25 heavy (non-hydrogen) atoms. The Bertz CT molecular complexity index is 808. The fraction of sp³-hybridized carbons (Fsp3) is 0.611. The van der Waals surface area contributed by atoms with Gasteiger partial charge in [0.25, 0.3) is 11.5 Å². The molecule has 7 heteroatoms. The van der Waals surface area contributed by atoms with Crippen LogP contribution in [-0.4, -0.2) is 51.2 Å². The number of fused-ring (bicyclic) bond motifs is 1. The zero-order chi connectivity index (χ0) is 18.0. The zero-order valence-electron chi connectivity index (χ0n) is 15.1. The lowest BCUT2D eigenvalue weighted by atomic mass is 10.0. The highest BCUT2D eigenvalue weighted by molar-refractivity contribution is 5.95. The molecule has 3 rings (SSSR count). The average Bonchev–Trinajstić information content (AvgIpc) is 2.96. The van der Waals surface area contributed by atoms with Crippen molar-refractivity contribution in [3.8, 4) is 0 Å². The molecule has 1 saturated heterocycles. The van der Waals surface area contributed by atoms with Crippen LogP contribution < -0.4 is 5.56 Å². The van der Waals surface area contributed by atoms with Gasteiger partial charge in [-0.05, 0) is 19.3 Å². The van der Waals surface area contributed by atoms with Gasteiger partial charge in [0.15, 0.2) is 5.65 Å². The Morgan fingerprint density at radius 2 is 2.28 bits per heavy atom. The molecular weight excluding hydrogens is 320 g/mol. The second kappa shape index (κ2) is 7.39. The third-order valence-corrected chi connectivity index (χ3v) is 4.73. The fourth-order valence-electron chi connectivity index (χ4n) is 3.29. The number of carbonyl (C=O) groups is 1. The largest absolute Gasteiger partial charge is 0.375 e. The summed E-state index contributed by atoms with van der Waals surface area (Å²) < 4.78 is 7.38. The summed E-state index contributed by atoms with van der Waals surface area (Å²) in [6, 6.07) is 1.42. The maximum Gasteiger partial charge on any atom is 0.266 e. The highest BCUT2D eigenvalue weighted by atomic mass is 16.5. The quantitative estimate of drug-likeness (QED) is 0.898. The van der Waals surface area contributed by atoms with Gasteiger partial charge in [0.05, 0.1) is 24.0 Å². The number of hydrogen-bond acceptors (Lipinski definition) is 4. The van der Waals surface area contributed by atoms with E-state index in [4.69, 9.17) is 4.74 Å². The summed E-state index contributed by atoms with van der Waals surface area (Å²) in [6.45, 7) is 8.01. The van der Waals surface area contributed by atoms with Crippen LogP contribution in [0.2, 0.25) is 0 Å². The molecule has 1 aliphatic rings. The van der Waals surface area contributed by atoms with Gasteiger partial charge in [0.1, 0.15) is 0 Å². The third-order valence-electron chi connectivity index (χ3n) is 4.73. The molecule has 136 valence electrons. The standard InChI is InChI=1S/C18H26N4O3/c1-12(2)5-4-6-14-11-21(7-8-25-14)18(24)15-10-19-16-9-17(23)20-22(16)13(15)3/h9-10,12,14H,4-8,11H2,1-3H3,(H,20,23). The lowest BCUT2D eigenvalue weighted by molar-refractivity contribution is -0.0260. The molecule has 1 fully saturated rings. The summed E-state index contributed by atoms with van der Waals surface area (Å²) in [5.41, 5.74) is 1.51. The lowest BCUT2D eigenvalue weighted by Crippen LogP contribution is -2.46. The molecule has 0 aromatic carbocycles. The van der Waals surface area contributed by atoms with E-state index in [1.807, 2.05) is 11.8 Å². The van der Waals surface area contributed by atoms with E-state index in [0.29, 0.717) is 42.5 Å². The minimum Gasteiger partial charge on any atom is -0.375 e. The van der Waals surface area contributed by atoms with E-state index in [0.717, 1.165) is 12.8 Å². The van der Waals surface area contributed by atoms with Crippen LogP contribution >= 0.6 is 0 Å². The number of hydrogen-bond donors (Lipinski definition) is 1. The van der Waals surface area contributed by atoms with E-state index in [1.165, 1.54) is 12.5 Å². The van der Waals surface area contributed by atoms with Crippen LogP contribution in [0.1, 0.15) is 49.2 Å². The van der Waals surface area contributed by atoms with Crippen LogP contribution in [0.3, 0.4) is 0 Å². The molecule has 1 aliphatic heterocycles. The summed E-state index contributed by atoms with van der Waals surface area (Å²) in [4.78, 5) is 30.5. The summed E-state index contributed by atoms with van der Waals surface area (Å²) in [5, 5.41) is 2.68. The first kappa shape index (κ1) is 17.7. The lowest BCUT2D eigenvalue weighted by Gasteiger charge is -2.33. The van der Waals surface area contributed by atoms with Crippen molar-refractivity contribution in [2.45, 2.75) is 46.1 Å². The van der Waals surface area contributed by atoms with Crippen LogP contribution in [0.15, 0.2) is 17.1 Å². The summed E-state index contributed by atoms with van der Waals surface area (Å²) in [5.74, 6) is 0.629. The first-order valence-corrected chi connectivity index (χ1v) is 8.94. The SMILES string of the molecule is Cc1c(C(=O)N2CCOC(CCCC(C)C)C2)cnc2cc(=O)[nH]n12. The van der Waals surface area contributed by atoms with Gasteiger partial charge in [0, 0.05) is 25.4 Å². The molecule has 0 saturated carbocycles. The number of morpholine rings is 1. The van der Waals surface area contributed by atoms with E-state index in [9.17, 15) is 9.59 Å². The van der Waals surface area contributed by atoms with E-state index < -0.39 is 0 Å². The van der Waals surface area contributed by atoms with E-state index in [-0.39, 0.29) is 17.6 Å². The monoisotopic (exact) mass is 346 g/mol. The van der Waals surface area contributed by atoms with Gasteiger partial charge in [0.2, 0.25) is 0 Å². The average molecular weight is 346 g/mol. The molecule has 3 heterocycles. The van der Waals surface area contributed by atoms with E-state index in [1.54, 1.807) is 10.7 Å². The number of carbonyl (C=O) groups excluding carboxylic acids is 1. The highest BCUT2D eigenvalue weighted by Gasteiger charge is 2.26. The second-order valence-electron chi connectivity index (χ2n) is 7.14. The smallest absolute Gasteiger partial charge is 0.266 e. The number of H-pyrrole nitrogens is 1. The van der Waals surface area contributed by atoms with Gasteiger partial charge < -0.3 is 9.64 Å². The predicted octanol–water partition coefficient (Wildman–Crippen LogP) is 2.00. The van der Waals surface area contributed by atoms with Gasteiger partial charge >= 0.3 is 0 Å². The van der Waals surface area contributed by atoms with Crippen molar-refractivity contribution < 1.29 is 9.53 Å². The molecule has 1 N–H and O–H groups in total. The molecule has 2 aromatic heterocycles. The Labute approximate surface area is 147 Å². The number of nitrogens with zero attached hydrogens (tertiary/aromatic N) is 3. The Kier molecular flexibility index (Phi) is 5.22. The first-order chi connectivity index (χ1) is 12.0. The van der Waals surface area contributed by atoms with Crippen molar-refractivity contribution in [2.24, 2.45) is 5.92 Å². The zero-order valence-corrected chi connectivity index (χ0v) is 15.1. The van der Waals surface area contributed by atoms with Crippen LogP contribution in [0.5, 0.6) is 0 Å². The molecule has 0 spiro atoms. The topological polar surface area (TPSA) is 79.7 Å². The van der Waals surface area contributed by atoms with Crippen LogP contribution in [0.25, 0.3) is 5.65 Å². The minimum absolute atomic E-state index is 0.0568. The Hall–Kier alpha value is -2.15. The minimum atomic E-state index is -0.225. The molecule has 0 radical (unpaired) electrons. The normalized spacial score (nSPS) is 18.2. The van der Waals surface area contributed by atoms with Crippen molar-refractivity contribution in [1.29, 1.82) is 0 Å². The summed E-state index contributed by atoms with van der Waals surface area (Å²) in [7, 11) is 0. The van der Waals surface area contributed by atoms with Crippen molar-refractivity contribution in [2.75, 3.05) is 19.7 Å². The summed E-state index contributed by atoms with van der Waals surface area (Å²) in [6.07, 6.45) is 4.92. The first-order valence-electron chi connectivity index (χ1n) is 8.94. The number of aromatic amines is 1. The second-order valence-corrected chi connectivity index (χ2v) is 7.14. The highest BCUT2D eigenvalue weighted by Crippen LogP contribution is 2.18. The maximum absolute atomic E-state index is 12.9. The molecule has 7 nitrogen and oxygen atoms in total. The predicted molar refractivity (Wildman–Crippen MR) is 94.9 cm³/mol. The third kappa shape index (κ3) is 3.92. The maximum atomic E-state index is 12.9. The molecule has 0 bridgehead atoms. The molecular formula is C18H26N4O3. The number of amides is 1. The molecule has 1 unspecified atom stereocenters. The van der Waals surface area contributed by atoms with Crippen molar-refractivity contribution in [1.82, 2.24) is 19.5 Å². The molecule has 2 aromatic rings. The number of aromatic nitrogens is 3. The molecule has 0 aliphatic carbocycles.